The number of hydrogen-bond acceptors (Lipinski definition) is 3. The van der Waals surface area contributed by atoms with E-state index in [-0.39, 0.29) is 10.6 Å². The number of carbonyl (C=O) groups is 1. The summed E-state index contributed by atoms with van der Waals surface area (Å²) in [6.07, 6.45) is 0. The molecule has 0 aromatic heterocycles. The molecule has 25 heavy (non-hydrogen) atoms. The summed E-state index contributed by atoms with van der Waals surface area (Å²) < 4.78 is 5.34. The number of halogens is 2. The minimum atomic E-state index is -0.571. The number of benzene rings is 3. The van der Waals surface area contributed by atoms with Crippen molar-refractivity contribution in [3.8, 4) is 22.9 Å². The van der Waals surface area contributed by atoms with Crippen molar-refractivity contribution in [2.24, 2.45) is 0 Å². The molecule has 0 aliphatic heterocycles. The van der Waals surface area contributed by atoms with Gasteiger partial charge in [0.1, 0.15) is 5.75 Å². The average molecular weight is 368 g/mol. The maximum atomic E-state index is 12.2. The Hall–Kier alpha value is -2.80. The fourth-order valence-electron chi connectivity index (χ4n) is 2.28. The summed E-state index contributed by atoms with van der Waals surface area (Å²) >= 11 is 11.9. The normalized spacial score (nSPS) is 10.1. The van der Waals surface area contributed by atoms with Gasteiger partial charge < -0.3 is 4.74 Å². The standard InChI is InChI=1S/C20H11Cl2NO2/c21-18-3-1-2-17(19(18)22)20(24)25-16-10-8-15(9-11-16)14-6-4-13(12-23)5-7-14/h1-11H. The molecule has 0 aliphatic carbocycles. The molecule has 3 aromatic carbocycles. The summed E-state index contributed by atoms with van der Waals surface area (Å²) in [5.41, 5.74) is 2.73. The van der Waals surface area contributed by atoms with Crippen molar-refractivity contribution in [3.05, 3.63) is 87.9 Å². The number of rotatable bonds is 3. The van der Waals surface area contributed by atoms with E-state index in [9.17, 15) is 4.79 Å². The monoisotopic (exact) mass is 367 g/mol. The van der Waals surface area contributed by atoms with Crippen molar-refractivity contribution >= 4 is 29.2 Å². The van der Waals surface area contributed by atoms with Crippen molar-refractivity contribution in [2.75, 3.05) is 0 Å². The third kappa shape index (κ3) is 3.83. The summed E-state index contributed by atoms with van der Waals surface area (Å²) in [6, 6.07) is 21.2. The summed E-state index contributed by atoms with van der Waals surface area (Å²) in [5.74, 6) is -0.169. The zero-order valence-electron chi connectivity index (χ0n) is 12.9. The molecule has 0 saturated heterocycles. The van der Waals surface area contributed by atoms with E-state index in [1.54, 1.807) is 42.5 Å². The number of hydrogen-bond donors (Lipinski definition) is 0. The fourth-order valence-corrected chi connectivity index (χ4v) is 2.65. The second kappa shape index (κ2) is 7.40. The molecule has 5 heteroatoms. The Bertz CT molecular complexity index is 958. The number of carbonyl (C=O) groups excluding carboxylic acids is 1. The fraction of sp³-hybridized carbons (Fsp3) is 0. The Morgan fingerprint density at radius 1 is 0.880 bits per heavy atom. The Balaban J connectivity index is 1.77. The van der Waals surface area contributed by atoms with E-state index >= 15 is 0 Å². The van der Waals surface area contributed by atoms with Crippen LogP contribution in [-0.2, 0) is 0 Å². The highest BCUT2D eigenvalue weighted by Gasteiger charge is 2.14. The van der Waals surface area contributed by atoms with Crippen LogP contribution in [0.2, 0.25) is 10.0 Å². The molecule has 0 radical (unpaired) electrons. The molecule has 0 amide bonds. The SMILES string of the molecule is N#Cc1ccc(-c2ccc(OC(=O)c3cccc(Cl)c3Cl)cc2)cc1. The van der Waals surface area contributed by atoms with Gasteiger partial charge in [-0.05, 0) is 47.5 Å². The first-order chi connectivity index (χ1) is 12.1. The van der Waals surface area contributed by atoms with Gasteiger partial charge >= 0.3 is 5.97 Å². The zero-order chi connectivity index (χ0) is 17.8. The van der Waals surface area contributed by atoms with Crippen molar-refractivity contribution in [2.45, 2.75) is 0 Å². The van der Waals surface area contributed by atoms with E-state index in [2.05, 4.69) is 6.07 Å². The van der Waals surface area contributed by atoms with E-state index in [0.717, 1.165) is 11.1 Å². The second-order valence-corrected chi connectivity index (χ2v) is 5.99. The lowest BCUT2D eigenvalue weighted by molar-refractivity contribution is 0.0735. The van der Waals surface area contributed by atoms with Crippen molar-refractivity contribution in [3.63, 3.8) is 0 Å². The molecule has 3 rings (SSSR count). The van der Waals surface area contributed by atoms with Crippen LogP contribution in [0.15, 0.2) is 66.7 Å². The highest BCUT2D eigenvalue weighted by molar-refractivity contribution is 6.43. The van der Waals surface area contributed by atoms with Crippen LogP contribution in [0.25, 0.3) is 11.1 Å². The smallest absolute Gasteiger partial charge is 0.345 e. The minimum Gasteiger partial charge on any atom is -0.423 e. The highest BCUT2D eigenvalue weighted by Crippen LogP contribution is 2.27. The maximum Gasteiger partial charge on any atom is 0.345 e. The topological polar surface area (TPSA) is 50.1 Å². The third-order valence-corrected chi connectivity index (χ3v) is 4.40. The Labute approximate surface area is 155 Å². The molecule has 0 atom stereocenters. The molecule has 0 unspecified atom stereocenters. The summed E-state index contributed by atoms with van der Waals surface area (Å²) in [5, 5.41) is 9.30. The molecule has 0 N–H and O–H groups in total. The van der Waals surface area contributed by atoms with E-state index in [1.165, 1.54) is 0 Å². The first kappa shape index (κ1) is 17.0. The van der Waals surface area contributed by atoms with Gasteiger partial charge in [-0.25, -0.2) is 4.79 Å². The van der Waals surface area contributed by atoms with Crippen molar-refractivity contribution in [1.29, 1.82) is 5.26 Å². The molecular weight excluding hydrogens is 357 g/mol. The van der Waals surface area contributed by atoms with Gasteiger partial charge in [0.25, 0.3) is 0 Å². The van der Waals surface area contributed by atoms with Gasteiger partial charge in [-0.1, -0.05) is 53.5 Å². The lowest BCUT2D eigenvalue weighted by Crippen LogP contribution is -2.09. The van der Waals surface area contributed by atoms with Gasteiger partial charge in [-0.3, -0.25) is 0 Å². The van der Waals surface area contributed by atoms with E-state index in [1.807, 2.05) is 24.3 Å². The van der Waals surface area contributed by atoms with Gasteiger partial charge in [-0.2, -0.15) is 5.26 Å². The average Bonchev–Trinajstić information content (AvgIpc) is 2.64. The van der Waals surface area contributed by atoms with Gasteiger partial charge in [0.15, 0.2) is 0 Å². The van der Waals surface area contributed by atoms with Crippen LogP contribution in [-0.4, -0.2) is 5.97 Å². The second-order valence-electron chi connectivity index (χ2n) is 5.20. The van der Waals surface area contributed by atoms with E-state index < -0.39 is 5.97 Å². The molecule has 3 nitrogen and oxygen atoms in total. The van der Waals surface area contributed by atoms with Crippen LogP contribution in [0.3, 0.4) is 0 Å². The summed E-state index contributed by atoms with van der Waals surface area (Å²) in [4.78, 5) is 12.2. The number of nitrogens with zero attached hydrogens (tertiary/aromatic N) is 1. The molecular formula is C20H11Cl2NO2. The van der Waals surface area contributed by atoms with Crippen LogP contribution in [0, 0.1) is 11.3 Å². The van der Waals surface area contributed by atoms with E-state index in [0.29, 0.717) is 16.3 Å². The molecule has 0 fully saturated rings. The first-order valence-electron chi connectivity index (χ1n) is 7.35. The van der Waals surface area contributed by atoms with Gasteiger partial charge in [-0.15, -0.1) is 0 Å². The largest absolute Gasteiger partial charge is 0.423 e. The first-order valence-corrected chi connectivity index (χ1v) is 8.11. The van der Waals surface area contributed by atoms with Crippen LogP contribution in [0.5, 0.6) is 5.75 Å². The van der Waals surface area contributed by atoms with Gasteiger partial charge in [0.2, 0.25) is 0 Å². The predicted octanol–water partition coefficient (Wildman–Crippen LogP) is 5.75. The Morgan fingerprint density at radius 3 is 2.08 bits per heavy atom. The highest BCUT2D eigenvalue weighted by atomic mass is 35.5. The van der Waals surface area contributed by atoms with Crippen molar-refractivity contribution < 1.29 is 9.53 Å². The zero-order valence-corrected chi connectivity index (χ0v) is 14.4. The molecule has 0 saturated carbocycles. The Morgan fingerprint density at radius 2 is 1.48 bits per heavy atom. The van der Waals surface area contributed by atoms with Gasteiger partial charge in [0, 0.05) is 0 Å². The maximum absolute atomic E-state index is 12.2. The van der Waals surface area contributed by atoms with Crippen LogP contribution in [0.1, 0.15) is 15.9 Å². The van der Waals surface area contributed by atoms with Crippen LogP contribution in [0.4, 0.5) is 0 Å². The van der Waals surface area contributed by atoms with Crippen LogP contribution < -0.4 is 4.74 Å². The molecule has 0 spiro atoms. The number of ether oxygens (including phenoxy) is 1. The lowest BCUT2D eigenvalue weighted by atomic mass is 10.0. The number of nitriles is 1. The molecule has 122 valence electrons. The Kier molecular flexibility index (Phi) is 5.04. The van der Waals surface area contributed by atoms with E-state index in [4.69, 9.17) is 33.2 Å². The molecule has 3 aromatic rings. The minimum absolute atomic E-state index is 0.170. The summed E-state index contributed by atoms with van der Waals surface area (Å²) in [6.45, 7) is 0. The number of esters is 1. The predicted molar refractivity (Wildman–Crippen MR) is 98.0 cm³/mol. The third-order valence-electron chi connectivity index (χ3n) is 3.58. The van der Waals surface area contributed by atoms with Gasteiger partial charge in [0.05, 0.1) is 27.2 Å². The summed E-state index contributed by atoms with van der Waals surface area (Å²) in [7, 11) is 0. The molecule has 0 aliphatic rings. The molecule has 0 bridgehead atoms. The molecule has 0 heterocycles. The quantitative estimate of drug-likeness (QED) is 0.437. The van der Waals surface area contributed by atoms with Crippen LogP contribution >= 0.6 is 23.2 Å². The lowest BCUT2D eigenvalue weighted by Gasteiger charge is -2.08. The van der Waals surface area contributed by atoms with Crippen molar-refractivity contribution in [1.82, 2.24) is 0 Å².